The summed E-state index contributed by atoms with van der Waals surface area (Å²) in [4.78, 5) is 14.1. The minimum absolute atomic E-state index is 0.0548. The largest absolute Gasteiger partial charge is 0.477 e. The third-order valence-corrected chi connectivity index (χ3v) is 1.30. The number of carboxylic acid groups (broad SMARTS) is 1. The number of nitrogens with two attached hydrogens (primary N) is 1. The number of pyridine rings is 1. The molecule has 4 heteroatoms. The molecular weight excluding hydrogens is 144 g/mol. The lowest BCUT2D eigenvalue weighted by atomic mass is 10.2. The van der Waals surface area contributed by atoms with Gasteiger partial charge in [-0.3, -0.25) is 0 Å². The van der Waals surface area contributed by atoms with Gasteiger partial charge in [0.2, 0.25) is 0 Å². The quantitative estimate of drug-likeness (QED) is 0.620. The number of nitrogen functional groups attached to an aromatic ring is 1. The molecule has 0 aromatic carbocycles. The van der Waals surface area contributed by atoms with E-state index in [4.69, 9.17) is 10.8 Å². The van der Waals surface area contributed by atoms with Crippen LogP contribution in [-0.4, -0.2) is 16.1 Å². The van der Waals surface area contributed by atoms with Crippen LogP contribution in [0, 0.1) is 6.92 Å². The maximum atomic E-state index is 10.4. The number of aromatic nitrogens is 1. The minimum atomic E-state index is -1.03. The van der Waals surface area contributed by atoms with Crippen molar-refractivity contribution in [2.75, 3.05) is 5.73 Å². The second-order valence-electron chi connectivity index (χ2n) is 2.24. The number of rotatable bonds is 1. The molecule has 1 aromatic rings. The Morgan fingerprint density at radius 2 is 2.36 bits per heavy atom. The van der Waals surface area contributed by atoms with Gasteiger partial charge in [0.05, 0.1) is 11.9 Å². The molecule has 0 bridgehead atoms. The molecule has 0 saturated heterocycles. The lowest BCUT2D eigenvalue weighted by molar-refractivity contribution is 0.0689. The Bertz CT molecular complexity index is 296. The highest BCUT2D eigenvalue weighted by molar-refractivity contribution is 5.87. The van der Waals surface area contributed by atoms with Gasteiger partial charge in [0, 0.05) is 0 Å². The first-order valence-corrected chi connectivity index (χ1v) is 3.06. The first kappa shape index (κ1) is 7.53. The van der Waals surface area contributed by atoms with Crippen LogP contribution in [0.15, 0.2) is 12.3 Å². The maximum absolute atomic E-state index is 10.4. The van der Waals surface area contributed by atoms with Gasteiger partial charge in [0.1, 0.15) is 0 Å². The molecule has 0 aliphatic heterocycles. The highest BCUT2D eigenvalue weighted by Crippen LogP contribution is 2.08. The third-order valence-electron chi connectivity index (χ3n) is 1.30. The summed E-state index contributed by atoms with van der Waals surface area (Å²) >= 11 is 0. The molecule has 0 aliphatic rings. The average molecular weight is 152 g/mol. The van der Waals surface area contributed by atoms with Crippen molar-refractivity contribution in [1.29, 1.82) is 0 Å². The number of hydrogen-bond donors (Lipinski definition) is 2. The normalized spacial score (nSPS) is 9.55. The van der Waals surface area contributed by atoms with E-state index < -0.39 is 5.97 Å². The summed E-state index contributed by atoms with van der Waals surface area (Å²) in [7, 11) is 0. The second kappa shape index (κ2) is 2.57. The van der Waals surface area contributed by atoms with Crippen molar-refractivity contribution in [3.8, 4) is 0 Å². The number of anilines is 1. The monoisotopic (exact) mass is 152 g/mol. The SMILES string of the molecule is Cc1cc(N)cnc1C(=O)O. The highest BCUT2D eigenvalue weighted by atomic mass is 16.4. The van der Waals surface area contributed by atoms with Crippen LogP contribution in [-0.2, 0) is 0 Å². The van der Waals surface area contributed by atoms with Crippen LogP contribution in [0.4, 0.5) is 5.69 Å². The van der Waals surface area contributed by atoms with Gasteiger partial charge in [-0.25, -0.2) is 9.78 Å². The molecule has 0 aliphatic carbocycles. The lowest BCUT2D eigenvalue weighted by Gasteiger charge is -1.98. The molecular formula is C7H8N2O2. The average Bonchev–Trinajstić information content (AvgIpc) is 1.85. The van der Waals surface area contributed by atoms with Crippen LogP contribution in [0.3, 0.4) is 0 Å². The van der Waals surface area contributed by atoms with Gasteiger partial charge in [0.25, 0.3) is 0 Å². The number of hydrogen-bond acceptors (Lipinski definition) is 3. The summed E-state index contributed by atoms with van der Waals surface area (Å²) in [6.07, 6.45) is 1.33. The number of carboxylic acids is 1. The van der Waals surface area contributed by atoms with E-state index >= 15 is 0 Å². The van der Waals surface area contributed by atoms with Gasteiger partial charge in [-0.15, -0.1) is 0 Å². The van der Waals surface area contributed by atoms with E-state index in [2.05, 4.69) is 4.98 Å². The maximum Gasteiger partial charge on any atom is 0.354 e. The van der Waals surface area contributed by atoms with Crippen molar-refractivity contribution in [2.24, 2.45) is 0 Å². The van der Waals surface area contributed by atoms with Gasteiger partial charge in [-0.05, 0) is 18.6 Å². The fraction of sp³-hybridized carbons (Fsp3) is 0.143. The molecule has 1 heterocycles. The van der Waals surface area contributed by atoms with E-state index in [1.807, 2.05) is 0 Å². The molecule has 0 radical (unpaired) electrons. The Balaban J connectivity index is 3.20. The molecule has 1 rings (SSSR count). The number of nitrogens with zero attached hydrogens (tertiary/aromatic N) is 1. The first-order valence-electron chi connectivity index (χ1n) is 3.06. The molecule has 3 N–H and O–H groups in total. The van der Waals surface area contributed by atoms with Gasteiger partial charge < -0.3 is 10.8 Å². The Morgan fingerprint density at radius 1 is 1.73 bits per heavy atom. The molecule has 0 atom stereocenters. The van der Waals surface area contributed by atoms with Crippen molar-refractivity contribution < 1.29 is 9.90 Å². The molecule has 0 saturated carbocycles. The van der Waals surface area contributed by atoms with Crippen molar-refractivity contribution >= 4 is 11.7 Å². The summed E-state index contributed by atoms with van der Waals surface area (Å²) in [5.74, 6) is -1.03. The smallest absolute Gasteiger partial charge is 0.354 e. The van der Waals surface area contributed by atoms with E-state index in [-0.39, 0.29) is 5.69 Å². The summed E-state index contributed by atoms with van der Waals surface area (Å²) in [5, 5.41) is 8.55. The fourth-order valence-electron chi connectivity index (χ4n) is 0.820. The second-order valence-corrected chi connectivity index (χ2v) is 2.24. The van der Waals surface area contributed by atoms with Crippen LogP contribution < -0.4 is 5.73 Å². The zero-order valence-electron chi connectivity index (χ0n) is 6.03. The molecule has 4 nitrogen and oxygen atoms in total. The topological polar surface area (TPSA) is 76.2 Å². The Morgan fingerprint density at radius 3 is 2.82 bits per heavy atom. The summed E-state index contributed by atoms with van der Waals surface area (Å²) in [6.45, 7) is 1.66. The minimum Gasteiger partial charge on any atom is -0.477 e. The van der Waals surface area contributed by atoms with Crippen molar-refractivity contribution in [3.05, 3.63) is 23.5 Å². The molecule has 1 aromatic heterocycles. The highest BCUT2D eigenvalue weighted by Gasteiger charge is 2.07. The van der Waals surface area contributed by atoms with Gasteiger partial charge >= 0.3 is 5.97 Å². The standard InChI is InChI=1S/C7H8N2O2/c1-4-2-5(8)3-9-6(4)7(10)11/h2-3H,8H2,1H3,(H,10,11). The van der Waals surface area contributed by atoms with E-state index in [1.165, 1.54) is 6.20 Å². The molecule has 11 heavy (non-hydrogen) atoms. The predicted molar refractivity (Wildman–Crippen MR) is 40.3 cm³/mol. The van der Waals surface area contributed by atoms with Crippen LogP contribution in [0.1, 0.15) is 16.1 Å². The predicted octanol–water partition coefficient (Wildman–Crippen LogP) is 0.670. The van der Waals surface area contributed by atoms with E-state index in [9.17, 15) is 4.79 Å². The first-order chi connectivity index (χ1) is 5.11. The van der Waals surface area contributed by atoms with Gasteiger partial charge in [-0.2, -0.15) is 0 Å². The Labute approximate surface area is 63.7 Å². The summed E-state index contributed by atoms with van der Waals surface area (Å²) < 4.78 is 0. The molecule has 58 valence electrons. The van der Waals surface area contributed by atoms with E-state index in [1.54, 1.807) is 13.0 Å². The molecule has 0 fully saturated rings. The van der Waals surface area contributed by atoms with Crippen LogP contribution >= 0.6 is 0 Å². The Hall–Kier alpha value is -1.58. The number of carbonyl (C=O) groups is 1. The number of aryl methyl sites for hydroxylation is 1. The number of aromatic carboxylic acids is 1. The molecule has 0 spiro atoms. The van der Waals surface area contributed by atoms with Crippen molar-refractivity contribution in [3.63, 3.8) is 0 Å². The van der Waals surface area contributed by atoms with Crippen molar-refractivity contribution in [1.82, 2.24) is 4.98 Å². The molecule has 0 unspecified atom stereocenters. The summed E-state index contributed by atoms with van der Waals surface area (Å²) in [5.41, 5.74) is 6.49. The fourth-order valence-corrected chi connectivity index (χ4v) is 0.820. The molecule has 0 amide bonds. The van der Waals surface area contributed by atoms with Crippen LogP contribution in [0.5, 0.6) is 0 Å². The third kappa shape index (κ3) is 1.46. The lowest BCUT2D eigenvalue weighted by Crippen LogP contribution is -2.03. The van der Waals surface area contributed by atoms with Crippen LogP contribution in [0.25, 0.3) is 0 Å². The van der Waals surface area contributed by atoms with Gasteiger partial charge in [-0.1, -0.05) is 0 Å². The van der Waals surface area contributed by atoms with Gasteiger partial charge in [0.15, 0.2) is 5.69 Å². The zero-order valence-corrected chi connectivity index (χ0v) is 6.03. The van der Waals surface area contributed by atoms with Crippen molar-refractivity contribution in [2.45, 2.75) is 6.92 Å². The summed E-state index contributed by atoms with van der Waals surface area (Å²) in [6, 6.07) is 1.58. The van der Waals surface area contributed by atoms with E-state index in [0.29, 0.717) is 11.3 Å². The zero-order chi connectivity index (χ0) is 8.43. The Kier molecular flexibility index (Phi) is 1.76. The van der Waals surface area contributed by atoms with Crippen LogP contribution in [0.2, 0.25) is 0 Å². The van der Waals surface area contributed by atoms with E-state index in [0.717, 1.165) is 0 Å².